The first kappa shape index (κ1) is 22.7. The normalized spacial score (nSPS) is 11.5. The highest BCUT2D eigenvalue weighted by molar-refractivity contribution is 7.20. The number of anilines is 2. The fourth-order valence-corrected chi connectivity index (χ4v) is 4.07. The third kappa shape index (κ3) is 5.46. The zero-order chi connectivity index (χ0) is 23.6. The maximum atomic E-state index is 13.4. The predicted octanol–water partition coefficient (Wildman–Crippen LogP) is 3.95. The molecule has 0 unspecified atom stereocenters. The number of imidazole rings is 1. The topological polar surface area (TPSA) is 87.5 Å². The number of carbonyl (C=O) groups excluding carboxylic acids is 1. The van der Waals surface area contributed by atoms with Crippen LogP contribution in [0.1, 0.15) is 26.3 Å². The van der Waals surface area contributed by atoms with E-state index >= 15 is 0 Å². The zero-order valence-corrected chi connectivity index (χ0v) is 19.8. The average molecular weight is 468 g/mol. The first-order valence-electron chi connectivity index (χ1n) is 10.5. The van der Waals surface area contributed by atoms with Crippen molar-refractivity contribution in [2.45, 2.75) is 32.9 Å². The van der Waals surface area contributed by atoms with Crippen LogP contribution in [0.2, 0.25) is 0 Å². The van der Waals surface area contributed by atoms with Gasteiger partial charge in [-0.2, -0.15) is 4.52 Å². The molecule has 0 atom stereocenters. The molecule has 0 aliphatic heterocycles. The molecule has 4 aromatic rings. The van der Waals surface area contributed by atoms with Crippen molar-refractivity contribution in [1.82, 2.24) is 24.9 Å². The van der Waals surface area contributed by atoms with E-state index < -0.39 is 0 Å². The molecule has 0 bridgehead atoms. The number of rotatable bonds is 7. The van der Waals surface area contributed by atoms with Gasteiger partial charge in [-0.3, -0.25) is 9.78 Å². The maximum absolute atomic E-state index is 13.4. The van der Waals surface area contributed by atoms with Gasteiger partial charge in [0.15, 0.2) is 5.82 Å². The Morgan fingerprint density at radius 1 is 1.21 bits per heavy atom. The van der Waals surface area contributed by atoms with Crippen LogP contribution in [0.4, 0.5) is 15.3 Å². The molecular weight excluding hydrogens is 441 g/mol. The Kier molecular flexibility index (Phi) is 6.28. The predicted molar refractivity (Wildman–Crippen MR) is 129 cm³/mol. The molecule has 2 N–H and O–H groups in total. The quantitative estimate of drug-likeness (QED) is 0.428. The zero-order valence-electron chi connectivity index (χ0n) is 19.0. The fraction of sp³-hybridized carbons (Fsp3) is 0.304. The molecule has 4 rings (SSSR count). The summed E-state index contributed by atoms with van der Waals surface area (Å²) < 4.78 is 15.2. The largest absolute Gasteiger partial charge is 0.364 e. The van der Waals surface area contributed by atoms with Gasteiger partial charge in [-0.15, -0.1) is 5.10 Å². The Morgan fingerprint density at radius 2 is 1.97 bits per heavy atom. The molecule has 0 saturated carbocycles. The van der Waals surface area contributed by atoms with E-state index in [4.69, 9.17) is 10.1 Å². The van der Waals surface area contributed by atoms with E-state index in [2.05, 4.69) is 15.6 Å². The summed E-state index contributed by atoms with van der Waals surface area (Å²) >= 11 is 1.38. The first-order valence-corrected chi connectivity index (χ1v) is 11.3. The van der Waals surface area contributed by atoms with Crippen molar-refractivity contribution >= 4 is 33.2 Å². The molecule has 172 valence electrons. The molecule has 0 aliphatic carbocycles. The number of likely N-dealkylation sites (N-methyl/N-ethyl adjacent to an activating group) is 1. The van der Waals surface area contributed by atoms with E-state index in [1.165, 1.54) is 23.5 Å². The van der Waals surface area contributed by atoms with Crippen LogP contribution < -0.4 is 15.5 Å². The summed E-state index contributed by atoms with van der Waals surface area (Å²) in [5, 5.41) is 11.7. The minimum Gasteiger partial charge on any atom is -0.364 e. The van der Waals surface area contributed by atoms with Crippen LogP contribution in [0.15, 0.2) is 48.8 Å². The molecule has 0 radical (unpaired) electrons. The lowest BCUT2D eigenvalue weighted by atomic mass is 10.1. The minimum atomic E-state index is -0.297. The second-order valence-electron chi connectivity index (χ2n) is 8.76. The van der Waals surface area contributed by atoms with Crippen LogP contribution in [0, 0.1) is 5.82 Å². The summed E-state index contributed by atoms with van der Waals surface area (Å²) in [5.41, 5.74) is 2.19. The highest BCUT2D eigenvalue weighted by Crippen LogP contribution is 2.34. The number of carbonyl (C=O) groups is 1. The summed E-state index contributed by atoms with van der Waals surface area (Å²) in [7, 11) is 1.82. The second kappa shape index (κ2) is 9.14. The lowest BCUT2D eigenvalue weighted by molar-refractivity contribution is -0.119. The van der Waals surface area contributed by atoms with E-state index in [1.54, 1.807) is 33.9 Å². The van der Waals surface area contributed by atoms with E-state index in [0.29, 0.717) is 22.3 Å². The Bertz CT molecular complexity index is 1250. The van der Waals surface area contributed by atoms with Crippen molar-refractivity contribution in [3.05, 3.63) is 60.2 Å². The summed E-state index contributed by atoms with van der Waals surface area (Å²) in [6.45, 7) is 6.72. The number of pyridine rings is 1. The monoisotopic (exact) mass is 467 g/mol. The van der Waals surface area contributed by atoms with Crippen molar-refractivity contribution in [2.75, 3.05) is 23.8 Å². The molecule has 0 fully saturated rings. The Hall–Kier alpha value is -3.53. The number of fused-ring (bicyclic) bond motifs is 1. The van der Waals surface area contributed by atoms with Gasteiger partial charge >= 0.3 is 0 Å². The van der Waals surface area contributed by atoms with Gasteiger partial charge in [-0.25, -0.2) is 9.37 Å². The van der Waals surface area contributed by atoms with Crippen molar-refractivity contribution in [3.63, 3.8) is 0 Å². The molecule has 10 heteroatoms. The third-order valence-corrected chi connectivity index (χ3v) is 5.75. The molecule has 1 aromatic carbocycles. The summed E-state index contributed by atoms with van der Waals surface area (Å²) in [6.07, 6.45) is 3.42. The van der Waals surface area contributed by atoms with Crippen LogP contribution in [-0.2, 0) is 11.3 Å². The number of nitrogens with one attached hydrogen (secondary N) is 2. The first-order chi connectivity index (χ1) is 15.7. The van der Waals surface area contributed by atoms with Crippen molar-refractivity contribution < 1.29 is 9.18 Å². The van der Waals surface area contributed by atoms with Crippen LogP contribution in [0.25, 0.3) is 16.2 Å². The van der Waals surface area contributed by atoms with E-state index in [9.17, 15) is 9.18 Å². The average Bonchev–Trinajstić information content (AvgIpc) is 3.32. The summed E-state index contributed by atoms with van der Waals surface area (Å²) in [4.78, 5) is 23.7. The number of amides is 1. The Labute approximate surface area is 195 Å². The van der Waals surface area contributed by atoms with Crippen molar-refractivity contribution in [2.24, 2.45) is 0 Å². The smallest absolute Gasteiger partial charge is 0.239 e. The molecule has 0 saturated heterocycles. The van der Waals surface area contributed by atoms with Crippen LogP contribution in [0.5, 0.6) is 0 Å². The number of nitrogens with zero attached hydrogens (tertiary/aromatic N) is 5. The molecular formula is C23H26FN7OS. The van der Waals surface area contributed by atoms with Gasteiger partial charge in [-0.05, 0) is 56.7 Å². The van der Waals surface area contributed by atoms with Gasteiger partial charge < -0.3 is 15.5 Å². The standard InChI is InChI=1S/C23H26FN7OS/c1-23(2,3)28-20-19(16-7-9-17(24)10-8-16)27-21-31(20)29-22(33-21)30(4)14-18(32)26-13-15-6-5-11-25-12-15/h5-12,28H,13-14H2,1-4H3,(H,26,32). The minimum absolute atomic E-state index is 0.116. The Balaban J connectivity index is 1.55. The number of halogens is 1. The summed E-state index contributed by atoms with van der Waals surface area (Å²) in [6, 6.07) is 9.99. The molecule has 1 amide bonds. The van der Waals surface area contributed by atoms with Gasteiger partial charge in [0.25, 0.3) is 0 Å². The molecule has 3 aromatic heterocycles. The molecule has 33 heavy (non-hydrogen) atoms. The van der Waals surface area contributed by atoms with Crippen LogP contribution in [0.3, 0.4) is 0 Å². The van der Waals surface area contributed by atoms with Crippen LogP contribution >= 0.6 is 11.3 Å². The third-order valence-electron chi connectivity index (χ3n) is 4.72. The van der Waals surface area contributed by atoms with Gasteiger partial charge in [0.2, 0.25) is 16.0 Å². The molecule has 3 heterocycles. The lowest BCUT2D eigenvalue weighted by Gasteiger charge is -2.22. The molecule has 8 nitrogen and oxygen atoms in total. The van der Waals surface area contributed by atoms with E-state index in [-0.39, 0.29) is 23.8 Å². The molecule has 0 aliphatic rings. The van der Waals surface area contributed by atoms with Gasteiger partial charge in [0.05, 0.1) is 6.54 Å². The SMILES string of the molecule is CN(CC(=O)NCc1cccnc1)c1nn2c(NC(C)(C)C)c(-c3ccc(F)cc3)nc2s1. The fourth-order valence-electron chi connectivity index (χ4n) is 3.21. The van der Waals surface area contributed by atoms with Crippen LogP contribution in [-0.4, -0.2) is 44.6 Å². The number of hydrogen-bond donors (Lipinski definition) is 2. The highest BCUT2D eigenvalue weighted by Gasteiger charge is 2.23. The maximum Gasteiger partial charge on any atom is 0.239 e. The van der Waals surface area contributed by atoms with Gasteiger partial charge in [-0.1, -0.05) is 17.4 Å². The number of benzene rings is 1. The highest BCUT2D eigenvalue weighted by atomic mass is 32.1. The second-order valence-corrected chi connectivity index (χ2v) is 9.70. The van der Waals surface area contributed by atoms with Gasteiger partial charge in [0, 0.05) is 37.1 Å². The lowest BCUT2D eigenvalue weighted by Crippen LogP contribution is -2.34. The number of aromatic nitrogens is 4. The summed E-state index contributed by atoms with van der Waals surface area (Å²) in [5.74, 6) is 0.309. The number of hydrogen-bond acceptors (Lipinski definition) is 7. The van der Waals surface area contributed by atoms with Crippen molar-refractivity contribution in [1.29, 1.82) is 0 Å². The molecule has 0 spiro atoms. The Morgan fingerprint density at radius 3 is 2.64 bits per heavy atom. The van der Waals surface area contributed by atoms with E-state index in [0.717, 1.165) is 16.9 Å². The van der Waals surface area contributed by atoms with E-state index in [1.807, 2.05) is 40.0 Å². The van der Waals surface area contributed by atoms with Gasteiger partial charge in [0.1, 0.15) is 11.5 Å². The van der Waals surface area contributed by atoms with Crippen molar-refractivity contribution in [3.8, 4) is 11.3 Å².